The number of carbonyl (C=O) groups excluding carboxylic acids is 1. The Morgan fingerprint density at radius 3 is 2.43 bits per heavy atom. The Morgan fingerprint density at radius 1 is 1.07 bits per heavy atom. The summed E-state index contributed by atoms with van der Waals surface area (Å²) in [5.41, 5.74) is 1.14. The van der Waals surface area contributed by atoms with E-state index in [2.05, 4.69) is 17.0 Å². The van der Waals surface area contributed by atoms with Gasteiger partial charge < -0.3 is 14.4 Å². The molecular formula is C20H23N3O5. The Bertz CT molecular complexity index is 820. The minimum Gasteiger partial charge on any atom is -0.493 e. The van der Waals surface area contributed by atoms with E-state index in [1.807, 2.05) is 18.2 Å². The number of methoxy groups -OCH3 is 1. The van der Waals surface area contributed by atoms with Gasteiger partial charge in [-0.2, -0.15) is 0 Å². The van der Waals surface area contributed by atoms with Crippen LogP contribution in [0.15, 0.2) is 48.5 Å². The van der Waals surface area contributed by atoms with E-state index in [1.54, 1.807) is 4.90 Å². The van der Waals surface area contributed by atoms with Crippen LogP contribution in [0.25, 0.3) is 0 Å². The number of benzene rings is 2. The molecule has 28 heavy (non-hydrogen) atoms. The van der Waals surface area contributed by atoms with Gasteiger partial charge in [0.2, 0.25) is 0 Å². The number of carbonyl (C=O) groups is 1. The molecule has 148 valence electrons. The largest absolute Gasteiger partial charge is 0.493 e. The van der Waals surface area contributed by atoms with Gasteiger partial charge in [-0.3, -0.25) is 19.8 Å². The van der Waals surface area contributed by atoms with Crippen LogP contribution in [0, 0.1) is 10.1 Å². The molecule has 3 rings (SSSR count). The van der Waals surface area contributed by atoms with Crippen molar-refractivity contribution in [3.05, 3.63) is 64.2 Å². The van der Waals surface area contributed by atoms with Gasteiger partial charge in [0.05, 0.1) is 18.1 Å². The smallest absolute Gasteiger partial charge is 0.273 e. The van der Waals surface area contributed by atoms with Crippen molar-refractivity contribution in [1.29, 1.82) is 0 Å². The third kappa shape index (κ3) is 4.98. The van der Waals surface area contributed by atoms with Crippen molar-refractivity contribution in [2.45, 2.75) is 6.54 Å². The quantitative estimate of drug-likeness (QED) is 0.537. The summed E-state index contributed by atoms with van der Waals surface area (Å²) in [5.74, 6) is 0.395. The fraction of sp³-hybridized carbons (Fsp3) is 0.350. The first-order valence-electron chi connectivity index (χ1n) is 9.06. The number of piperazine rings is 1. The van der Waals surface area contributed by atoms with Gasteiger partial charge in [-0.25, -0.2) is 0 Å². The van der Waals surface area contributed by atoms with Gasteiger partial charge in [-0.05, 0) is 11.6 Å². The summed E-state index contributed by atoms with van der Waals surface area (Å²) in [6, 6.07) is 14.3. The van der Waals surface area contributed by atoms with E-state index in [4.69, 9.17) is 9.47 Å². The molecule has 1 heterocycles. The average Bonchev–Trinajstić information content (AvgIpc) is 2.73. The second-order valence-corrected chi connectivity index (χ2v) is 6.52. The van der Waals surface area contributed by atoms with Crippen molar-refractivity contribution in [3.8, 4) is 11.5 Å². The SMILES string of the molecule is COc1ccc([N+](=O)[O-])cc1OCC(=O)N1CCN(Cc2ccccc2)CC1. The molecule has 0 aliphatic carbocycles. The molecule has 0 unspecified atom stereocenters. The van der Waals surface area contributed by atoms with Crippen LogP contribution in [-0.4, -0.2) is 60.5 Å². The van der Waals surface area contributed by atoms with Crippen LogP contribution in [0.5, 0.6) is 11.5 Å². The molecule has 0 aromatic heterocycles. The van der Waals surface area contributed by atoms with Gasteiger partial charge in [-0.15, -0.1) is 0 Å². The van der Waals surface area contributed by atoms with Crippen LogP contribution in [0.1, 0.15) is 5.56 Å². The maximum Gasteiger partial charge on any atom is 0.273 e. The number of amides is 1. The molecule has 0 atom stereocenters. The maximum atomic E-state index is 12.5. The number of non-ortho nitro benzene ring substituents is 1. The molecule has 1 fully saturated rings. The van der Waals surface area contributed by atoms with Gasteiger partial charge in [-0.1, -0.05) is 30.3 Å². The molecule has 0 saturated carbocycles. The molecule has 1 aliphatic heterocycles. The highest BCUT2D eigenvalue weighted by molar-refractivity contribution is 5.78. The van der Waals surface area contributed by atoms with E-state index in [0.717, 1.165) is 19.6 Å². The number of nitro groups is 1. The summed E-state index contributed by atoms with van der Waals surface area (Å²) in [6.07, 6.45) is 0. The van der Waals surface area contributed by atoms with E-state index in [1.165, 1.54) is 30.9 Å². The van der Waals surface area contributed by atoms with Gasteiger partial charge >= 0.3 is 0 Å². The fourth-order valence-electron chi connectivity index (χ4n) is 3.12. The zero-order chi connectivity index (χ0) is 19.9. The van der Waals surface area contributed by atoms with Crippen LogP contribution in [0.2, 0.25) is 0 Å². The number of nitrogens with zero attached hydrogens (tertiary/aromatic N) is 3. The first-order chi connectivity index (χ1) is 13.6. The third-order valence-corrected chi connectivity index (χ3v) is 4.68. The van der Waals surface area contributed by atoms with Crippen LogP contribution in [0.3, 0.4) is 0 Å². The van der Waals surface area contributed by atoms with Gasteiger partial charge in [0.1, 0.15) is 0 Å². The van der Waals surface area contributed by atoms with Crippen LogP contribution in [0.4, 0.5) is 5.69 Å². The highest BCUT2D eigenvalue weighted by Gasteiger charge is 2.22. The molecule has 1 aliphatic rings. The Hall–Kier alpha value is -3.13. The van der Waals surface area contributed by atoms with E-state index in [0.29, 0.717) is 18.8 Å². The molecule has 2 aromatic carbocycles. The van der Waals surface area contributed by atoms with Crippen molar-refractivity contribution < 1.29 is 19.2 Å². The Kier molecular flexibility index (Phi) is 6.44. The highest BCUT2D eigenvalue weighted by atomic mass is 16.6. The molecule has 1 saturated heterocycles. The van der Waals surface area contributed by atoms with Gasteiger partial charge in [0.15, 0.2) is 18.1 Å². The third-order valence-electron chi connectivity index (χ3n) is 4.68. The molecule has 1 amide bonds. The monoisotopic (exact) mass is 385 g/mol. The predicted molar refractivity (Wildman–Crippen MR) is 103 cm³/mol. The Morgan fingerprint density at radius 2 is 1.79 bits per heavy atom. The molecule has 8 nitrogen and oxygen atoms in total. The summed E-state index contributed by atoms with van der Waals surface area (Å²) in [6.45, 7) is 3.52. The van der Waals surface area contributed by atoms with Crippen LogP contribution < -0.4 is 9.47 Å². The molecule has 0 radical (unpaired) electrons. The van der Waals surface area contributed by atoms with Crippen LogP contribution in [-0.2, 0) is 11.3 Å². The van der Waals surface area contributed by atoms with Crippen molar-refractivity contribution in [2.75, 3.05) is 39.9 Å². The van der Waals surface area contributed by atoms with Crippen molar-refractivity contribution in [3.63, 3.8) is 0 Å². The summed E-state index contributed by atoms with van der Waals surface area (Å²) >= 11 is 0. The first kappa shape index (κ1) is 19.6. The van der Waals surface area contributed by atoms with E-state index >= 15 is 0 Å². The summed E-state index contributed by atoms with van der Waals surface area (Å²) in [5, 5.41) is 10.9. The average molecular weight is 385 g/mol. The lowest BCUT2D eigenvalue weighted by molar-refractivity contribution is -0.385. The summed E-state index contributed by atoms with van der Waals surface area (Å²) in [4.78, 5) is 26.9. The van der Waals surface area contributed by atoms with Gasteiger partial charge in [0.25, 0.3) is 11.6 Å². The second-order valence-electron chi connectivity index (χ2n) is 6.52. The second kappa shape index (κ2) is 9.18. The number of nitro benzene ring substituents is 1. The Labute approximate surface area is 163 Å². The number of hydrogen-bond acceptors (Lipinski definition) is 6. The predicted octanol–water partition coefficient (Wildman–Crippen LogP) is 2.33. The standard InChI is InChI=1S/C20H23N3O5/c1-27-18-8-7-17(23(25)26)13-19(18)28-15-20(24)22-11-9-21(10-12-22)14-16-5-3-2-4-6-16/h2-8,13H,9-12,14-15H2,1H3. The lowest BCUT2D eigenvalue weighted by Gasteiger charge is -2.34. The normalized spacial score (nSPS) is 14.5. The zero-order valence-corrected chi connectivity index (χ0v) is 15.7. The topological polar surface area (TPSA) is 85.2 Å². The lowest BCUT2D eigenvalue weighted by Crippen LogP contribution is -2.49. The van der Waals surface area contributed by atoms with Crippen molar-refractivity contribution >= 4 is 11.6 Å². The molecule has 8 heteroatoms. The molecule has 2 aromatic rings. The minimum atomic E-state index is -0.514. The van der Waals surface area contributed by atoms with Crippen molar-refractivity contribution in [2.24, 2.45) is 0 Å². The number of rotatable bonds is 7. The maximum absolute atomic E-state index is 12.5. The van der Waals surface area contributed by atoms with Crippen LogP contribution >= 0.6 is 0 Å². The lowest BCUT2D eigenvalue weighted by atomic mass is 10.2. The minimum absolute atomic E-state index is 0.113. The molecular weight excluding hydrogens is 362 g/mol. The summed E-state index contributed by atoms with van der Waals surface area (Å²) in [7, 11) is 1.45. The van der Waals surface area contributed by atoms with E-state index < -0.39 is 4.92 Å². The van der Waals surface area contributed by atoms with E-state index in [9.17, 15) is 14.9 Å². The summed E-state index contributed by atoms with van der Waals surface area (Å²) < 4.78 is 10.7. The number of ether oxygens (including phenoxy) is 2. The Balaban J connectivity index is 1.51. The van der Waals surface area contributed by atoms with Gasteiger partial charge in [0, 0.05) is 38.8 Å². The molecule has 0 spiro atoms. The number of hydrogen-bond donors (Lipinski definition) is 0. The zero-order valence-electron chi connectivity index (χ0n) is 15.7. The fourth-order valence-corrected chi connectivity index (χ4v) is 3.12. The molecule has 0 bridgehead atoms. The van der Waals surface area contributed by atoms with Crippen molar-refractivity contribution in [1.82, 2.24) is 9.80 Å². The highest BCUT2D eigenvalue weighted by Crippen LogP contribution is 2.31. The first-order valence-corrected chi connectivity index (χ1v) is 9.06. The molecule has 0 N–H and O–H groups in total. The van der Waals surface area contributed by atoms with E-state index in [-0.39, 0.29) is 24.0 Å².